The molecule has 0 radical (unpaired) electrons. The smallest absolute Gasteiger partial charge is 0.159 e. The molecule has 1 saturated heterocycles. The minimum absolute atomic E-state index is 0.485. The van der Waals surface area contributed by atoms with Crippen LogP contribution in [0.5, 0.6) is 0 Å². The van der Waals surface area contributed by atoms with Gasteiger partial charge in [-0.3, -0.25) is 0 Å². The predicted octanol–water partition coefficient (Wildman–Crippen LogP) is 2.15. The van der Waals surface area contributed by atoms with Crippen molar-refractivity contribution in [2.45, 2.75) is 25.4 Å². The molecule has 0 aromatic heterocycles. The number of benzene rings is 1. The van der Waals surface area contributed by atoms with Gasteiger partial charge in [0, 0.05) is 12.6 Å². The maximum Gasteiger partial charge on any atom is 0.159 e. The standard InChI is InChI=1S/C13H18F2N2/c1-17-6-4-11(5-7-17)16-9-10-2-3-12(14)13(15)8-10/h2-3,8,11,16H,4-7,9H2,1H3. The summed E-state index contributed by atoms with van der Waals surface area (Å²) in [7, 11) is 2.12. The summed E-state index contributed by atoms with van der Waals surface area (Å²) in [5.74, 6) is -1.55. The lowest BCUT2D eigenvalue weighted by Crippen LogP contribution is -2.40. The molecule has 0 aliphatic carbocycles. The van der Waals surface area contributed by atoms with Gasteiger partial charge in [0.25, 0.3) is 0 Å². The first-order valence-corrected chi connectivity index (χ1v) is 6.01. The van der Waals surface area contributed by atoms with Crippen molar-refractivity contribution >= 4 is 0 Å². The Morgan fingerprint density at radius 2 is 1.94 bits per heavy atom. The Labute approximate surface area is 101 Å². The second kappa shape index (κ2) is 5.56. The van der Waals surface area contributed by atoms with Crippen LogP contribution >= 0.6 is 0 Å². The van der Waals surface area contributed by atoms with Crippen LogP contribution in [0.1, 0.15) is 18.4 Å². The average molecular weight is 240 g/mol. The SMILES string of the molecule is CN1CCC(NCc2ccc(F)c(F)c2)CC1. The highest BCUT2D eigenvalue weighted by Gasteiger charge is 2.15. The molecule has 1 N–H and O–H groups in total. The lowest BCUT2D eigenvalue weighted by atomic mass is 10.1. The predicted molar refractivity (Wildman–Crippen MR) is 63.7 cm³/mol. The van der Waals surface area contributed by atoms with Crippen molar-refractivity contribution in [3.05, 3.63) is 35.4 Å². The number of nitrogens with zero attached hydrogens (tertiary/aromatic N) is 1. The summed E-state index contributed by atoms with van der Waals surface area (Å²) in [5, 5.41) is 3.39. The van der Waals surface area contributed by atoms with Crippen molar-refractivity contribution in [1.82, 2.24) is 10.2 Å². The van der Waals surface area contributed by atoms with E-state index in [0.29, 0.717) is 12.6 Å². The van der Waals surface area contributed by atoms with Crippen molar-refractivity contribution < 1.29 is 8.78 Å². The van der Waals surface area contributed by atoms with Gasteiger partial charge in [0.15, 0.2) is 11.6 Å². The first-order valence-electron chi connectivity index (χ1n) is 6.01. The monoisotopic (exact) mass is 240 g/mol. The zero-order chi connectivity index (χ0) is 12.3. The van der Waals surface area contributed by atoms with Crippen LogP contribution in [-0.2, 0) is 6.54 Å². The summed E-state index contributed by atoms with van der Waals surface area (Å²) in [5.41, 5.74) is 0.794. The molecule has 94 valence electrons. The number of likely N-dealkylation sites (tertiary alicyclic amines) is 1. The van der Waals surface area contributed by atoms with Crippen molar-refractivity contribution in [1.29, 1.82) is 0 Å². The Morgan fingerprint density at radius 3 is 2.59 bits per heavy atom. The van der Waals surface area contributed by atoms with Gasteiger partial charge in [-0.1, -0.05) is 6.07 Å². The van der Waals surface area contributed by atoms with E-state index in [2.05, 4.69) is 17.3 Å². The molecule has 1 aliphatic rings. The van der Waals surface area contributed by atoms with Crippen molar-refractivity contribution in [2.24, 2.45) is 0 Å². The number of piperidine rings is 1. The van der Waals surface area contributed by atoms with Gasteiger partial charge in [0.1, 0.15) is 0 Å². The van der Waals surface area contributed by atoms with E-state index in [1.54, 1.807) is 6.07 Å². The molecule has 1 aromatic rings. The lowest BCUT2D eigenvalue weighted by Gasteiger charge is -2.29. The molecule has 2 rings (SSSR count). The van der Waals surface area contributed by atoms with E-state index in [1.807, 2.05) is 0 Å². The third kappa shape index (κ3) is 3.48. The van der Waals surface area contributed by atoms with Crippen LogP contribution in [0.15, 0.2) is 18.2 Å². The fourth-order valence-electron chi connectivity index (χ4n) is 2.12. The van der Waals surface area contributed by atoms with E-state index in [9.17, 15) is 8.78 Å². The molecular weight excluding hydrogens is 222 g/mol. The van der Waals surface area contributed by atoms with Crippen molar-refractivity contribution in [3.63, 3.8) is 0 Å². The van der Waals surface area contributed by atoms with Crippen LogP contribution in [0.4, 0.5) is 8.78 Å². The number of nitrogens with one attached hydrogen (secondary N) is 1. The third-order valence-electron chi connectivity index (χ3n) is 3.30. The van der Waals surface area contributed by atoms with E-state index in [0.717, 1.165) is 31.5 Å². The number of hydrogen-bond donors (Lipinski definition) is 1. The minimum Gasteiger partial charge on any atom is -0.310 e. The van der Waals surface area contributed by atoms with Crippen LogP contribution in [0.25, 0.3) is 0 Å². The molecule has 17 heavy (non-hydrogen) atoms. The summed E-state index contributed by atoms with van der Waals surface area (Å²) in [6.45, 7) is 2.79. The highest BCUT2D eigenvalue weighted by Crippen LogP contribution is 2.11. The van der Waals surface area contributed by atoms with Gasteiger partial charge in [-0.15, -0.1) is 0 Å². The molecule has 1 aromatic carbocycles. The molecule has 0 unspecified atom stereocenters. The molecule has 0 amide bonds. The quantitative estimate of drug-likeness (QED) is 0.871. The number of halogens is 2. The Kier molecular flexibility index (Phi) is 4.07. The van der Waals surface area contributed by atoms with E-state index in [4.69, 9.17) is 0 Å². The van der Waals surface area contributed by atoms with E-state index < -0.39 is 11.6 Å². The number of hydrogen-bond acceptors (Lipinski definition) is 2. The van der Waals surface area contributed by atoms with Crippen molar-refractivity contribution in [2.75, 3.05) is 20.1 Å². The molecule has 0 spiro atoms. The van der Waals surface area contributed by atoms with Crippen molar-refractivity contribution in [3.8, 4) is 0 Å². The molecule has 1 aliphatic heterocycles. The van der Waals surface area contributed by atoms with Crippen LogP contribution in [-0.4, -0.2) is 31.1 Å². The Morgan fingerprint density at radius 1 is 1.24 bits per heavy atom. The van der Waals surface area contributed by atoms with Crippen LogP contribution in [0, 0.1) is 11.6 Å². The summed E-state index contributed by atoms with van der Waals surface area (Å²) >= 11 is 0. The Bertz CT molecular complexity index is 374. The lowest BCUT2D eigenvalue weighted by molar-refractivity contribution is 0.234. The summed E-state index contributed by atoms with van der Waals surface area (Å²) in [6, 6.07) is 4.55. The average Bonchev–Trinajstić information content (AvgIpc) is 2.33. The van der Waals surface area contributed by atoms with Crippen LogP contribution in [0.2, 0.25) is 0 Å². The second-order valence-corrected chi connectivity index (χ2v) is 4.71. The molecule has 2 nitrogen and oxygen atoms in total. The van der Waals surface area contributed by atoms with Gasteiger partial charge in [0.2, 0.25) is 0 Å². The number of rotatable bonds is 3. The fourth-order valence-corrected chi connectivity index (χ4v) is 2.12. The van der Waals surface area contributed by atoms with E-state index in [-0.39, 0.29) is 0 Å². The van der Waals surface area contributed by atoms with Gasteiger partial charge in [-0.25, -0.2) is 8.78 Å². The maximum atomic E-state index is 13.0. The van der Waals surface area contributed by atoms with E-state index in [1.165, 1.54) is 12.1 Å². The summed E-state index contributed by atoms with van der Waals surface area (Å²) < 4.78 is 25.7. The highest BCUT2D eigenvalue weighted by molar-refractivity contribution is 5.17. The van der Waals surface area contributed by atoms with Crippen LogP contribution in [0.3, 0.4) is 0 Å². The molecule has 0 atom stereocenters. The normalized spacial score (nSPS) is 18.5. The fraction of sp³-hybridized carbons (Fsp3) is 0.538. The van der Waals surface area contributed by atoms with Gasteiger partial charge < -0.3 is 10.2 Å². The molecular formula is C13H18F2N2. The Balaban J connectivity index is 1.83. The zero-order valence-electron chi connectivity index (χ0n) is 10.0. The van der Waals surface area contributed by atoms with Gasteiger partial charge in [-0.2, -0.15) is 0 Å². The third-order valence-corrected chi connectivity index (χ3v) is 3.30. The largest absolute Gasteiger partial charge is 0.310 e. The summed E-state index contributed by atoms with van der Waals surface area (Å²) in [6.07, 6.45) is 2.22. The highest BCUT2D eigenvalue weighted by atomic mass is 19.2. The van der Waals surface area contributed by atoms with E-state index >= 15 is 0 Å². The molecule has 0 bridgehead atoms. The summed E-state index contributed by atoms with van der Waals surface area (Å²) in [4.78, 5) is 2.30. The van der Waals surface area contributed by atoms with Gasteiger partial charge in [-0.05, 0) is 50.7 Å². The zero-order valence-corrected chi connectivity index (χ0v) is 10.0. The second-order valence-electron chi connectivity index (χ2n) is 4.71. The molecule has 1 fully saturated rings. The topological polar surface area (TPSA) is 15.3 Å². The first kappa shape index (κ1) is 12.5. The van der Waals surface area contributed by atoms with Gasteiger partial charge >= 0.3 is 0 Å². The molecule has 1 heterocycles. The molecule has 4 heteroatoms. The van der Waals surface area contributed by atoms with Crippen LogP contribution < -0.4 is 5.32 Å². The minimum atomic E-state index is -0.784. The van der Waals surface area contributed by atoms with Gasteiger partial charge in [0.05, 0.1) is 0 Å². The maximum absolute atomic E-state index is 13.0. The first-order chi connectivity index (χ1) is 8.15. The Hall–Kier alpha value is -1.00. The molecule has 0 saturated carbocycles.